The number of benzene rings is 1. The van der Waals surface area contributed by atoms with Crippen LogP contribution >= 0.6 is 11.8 Å². The van der Waals surface area contributed by atoms with Gasteiger partial charge in [0.05, 0.1) is 6.61 Å². The Kier molecular flexibility index (Phi) is 3.89. The quantitative estimate of drug-likeness (QED) is 0.622. The lowest BCUT2D eigenvalue weighted by Gasteiger charge is -2.12. The zero-order valence-electron chi connectivity index (χ0n) is 7.29. The lowest BCUT2D eigenvalue weighted by Crippen LogP contribution is -2.18. The molecule has 0 spiro atoms. The summed E-state index contributed by atoms with van der Waals surface area (Å²) in [5.41, 5.74) is -0.120. The maximum atomic E-state index is 11.9. The second kappa shape index (κ2) is 4.75. The second-order valence-electron chi connectivity index (χ2n) is 2.82. The van der Waals surface area contributed by atoms with Gasteiger partial charge in [0.1, 0.15) is 0 Å². The second-order valence-corrected chi connectivity index (χ2v) is 3.92. The smallest absolute Gasteiger partial charge is 0.448 e. The maximum Gasteiger partial charge on any atom is 0.488 e. The van der Waals surface area contributed by atoms with Crippen molar-refractivity contribution in [2.24, 2.45) is 0 Å². The molecule has 0 fully saturated rings. The van der Waals surface area contributed by atoms with Crippen LogP contribution in [0.5, 0.6) is 0 Å². The molecular formula is C8H9BF3OS-. The highest BCUT2D eigenvalue weighted by atomic mass is 32.2. The van der Waals surface area contributed by atoms with E-state index in [-0.39, 0.29) is 6.61 Å². The number of hydrogen-bond donors (Lipinski definition) is 1. The summed E-state index contributed by atoms with van der Waals surface area (Å²) in [5.74, 6) is 0. The van der Waals surface area contributed by atoms with E-state index >= 15 is 0 Å². The highest BCUT2D eigenvalue weighted by molar-refractivity contribution is 8.00. The molecule has 0 aliphatic heterocycles. The summed E-state index contributed by atoms with van der Waals surface area (Å²) in [6.45, 7) is -4.82. The molecule has 0 amide bonds. The van der Waals surface area contributed by atoms with E-state index in [1.807, 2.05) is 0 Å². The number of aliphatic hydroxyl groups excluding tert-OH is 1. The molecular weight excluding hydrogens is 212 g/mol. The highest BCUT2D eigenvalue weighted by Crippen LogP contribution is 2.24. The van der Waals surface area contributed by atoms with Crippen molar-refractivity contribution in [3.8, 4) is 0 Å². The summed E-state index contributed by atoms with van der Waals surface area (Å²) in [6, 6.07) is 6.40. The topological polar surface area (TPSA) is 20.2 Å². The monoisotopic (exact) mass is 221 g/mol. The lowest BCUT2D eigenvalue weighted by molar-refractivity contribution is 0.282. The number of aliphatic hydroxyl groups is 1. The van der Waals surface area contributed by atoms with Crippen LogP contribution < -0.4 is 0 Å². The van der Waals surface area contributed by atoms with Crippen molar-refractivity contribution in [3.63, 3.8) is 0 Å². The van der Waals surface area contributed by atoms with Gasteiger partial charge in [-0.3, -0.25) is 0 Å². The fraction of sp³-hybridized carbons (Fsp3) is 0.250. The Balaban J connectivity index is 2.52. The molecule has 0 aliphatic carbocycles. The largest absolute Gasteiger partial charge is 0.488 e. The molecule has 0 aromatic heterocycles. The zero-order valence-corrected chi connectivity index (χ0v) is 8.11. The summed E-state index contributed by atoms with van der Waals surface area (Å²) >= 11 is 0.768. The Morgan fingerprint density at radius 3 is 2.14 bits per heavy atom. The Morgan fingerprint density at radius 2 is 1.71 bits per heavy atom. The van der Waals surface area contributed by atoms with Gasteiger partial charge in [0.25, 0.3) is 0 Å². The minimum absolute atomic E-state index is 0.0891. The van der Waals surface area contributed by atoms with Crippen LogP contribution in [0.4, 0.5) is 12.9 Å². The van der Waals surface area contributed by atoms with Crippen LogP contribution in [0.3, 0.4) is 0 Å². The molecule has 6 heteroatoms. The van der Waals surface area contributed by atoms with Gasteiger partial charge < -0.3 is 18.1 Å². The predicted molar refractivity (Wildman–Crippen MR) is 52.2 cm³/mol. The van der Waals surface area contributed by atoms with Gasteiger partial charge in [-0.1, -0.05) is 12.1 Å². The van der Waals surface area contributed by atoms with Crippen LogP contribution in [0.15, 0.2) is 29.2 Å². The van der Waals surface area contributed by atoms with Crippen LogP contribution in [0.1, 0.15) is 5.56 Å². The molecule has 0 aliphatic rings. The minimum atomic E-state index is -4.73. The highest BCUT2D eigenvalue weighted by Gasteiger charge is 2.22. The molecule has 1 N–H and O–H groups in total. The van der Waals surface area contributed by atoms with Crippen molar-refractivity contribution in [1.29, 1.82) is 0 Å². The zero-order chi connectivity index (χ0) is 10.6. The van der Waals surface area contributed by atoms with E-state index in [4.69, 9.17) is 5.11 Å². The fourth-order valence-electron chi connectivity index (χ4n) is 0.882. The van der Waals surface area contributed by atoms with Gasteiger partial charge in [0.15, 0.2) is 0 Å². The summed E-state index contributed by atoms with van der Waals surface area (Å²) in [5, 5.41) is 8.70. The standard InChI is InChI=1S/C8H9BF3OS/c10-9(11,12)6-14-8-3-1-7(5-13)2-4-8/h1-4,13H,5-6H2/q-1. The molecule has 0 bridgehead atoms. The van der Waals surface area contributed by atoms with Gasteiger partial charge in [-0.15, -0.1) is 0 Å². The van der Waals surface area contributed by atoms with Gasteiger partial charge >= 0.3 is 6.98 Å². The summed E-state index contributed by atoms with van der Waals surface area (Å²) in [7, 11) is 0. The Labute approximate surface area is 84.4 Å². The molecule has 78 valence electrons. The van der Waals surface area contributed by atoms with Crippen LogP contribution in [0.2, 0.25) is 0 Å². The third-order valence-electron chi connectivity index (χ3n) is 1.54. The normalized spacial score (nSPS) is 11.7. The third-order valence-corrected chi connectivity index (χ3v) is 2.70. The summed E-state index contributed by atoms with van der Waals surface area (Å²) in [4.78, 5) is 0.571. The summed E-state index contributed by atoms with van der Waals surface area (Å²) in [6.07, 6.45) is 0. The van der Waals surface area contributed by atoms with Crippen LogP contribution in [-0.2, 0) is 6.61 Å². The first-order valence-corrected chi connectivity index (χ1v) is 5.03. The van der Waals surface area contributed by atoms with Crippen LogP contribution in [-0.4, -0.2) is 17.7 Å². The molecule has 1 aromatic carbocycles. The predicted octanol–water partition coefficient (Wildman–Crippen LogP) is 2.66. The average molecular weight is 221 g/mol. The van der Waals surface area contributed by atoms with Crippen molar-refractivity contribution in [2.75, 3.05) is 5.65 Å². The minimum Gasteiger partial charge on any atom is -0.448 e. The molecule has 0 saturated carbocycles. The SMILES string of the molecule is OCc1ccc(SC[B-](F)(F)F)cc1. The van der Waals surface area contributed by atoms with E-state index in [1.54, 1.807) is 24.3 Å². The van der Waals surface area contributed by atoms with Crippen LogP contribution in [0.25, 0.3) is 0 Å². The number of hydrogen-bond acceptors (Lipinski definition) is 2. The Morgan fingerprint density at radius 1 is 1.14 bits per heavy atom. The van der Waals surface area contributed by atoms with Crippen LogP contribution in [0, 0.1) is 0 Å². The van der Waals surface area contributed by atoms with Crippen molar-refractivity contribution in [3.05, 3.63) is 29.8 Å². The molecule has 0 heterocycles. The Hall–Kier alpha value is -0.615. The van der Waals surface area contributed by atoms with Crippen molar-refractivity contribution in [1.82, 2.24) is 0 Å². The summed E-state index contributed by atoms with van der Waals surface area (Å²) < 4.78 is 35.7. The molecule has 0 atom stereocenters. The lowest BCUT2D eigenvalue weighted by atomic mass is 9.98. The van der Waals surface area contributed by atoms with E-state index in [0.29, 0.717) is 10.5 Å². The molecule has 14 heavy (non-hydrogen) atoms. The van der Waals surface area contributed by atoms with E-state index in [9.17, 15) is 12.9 Å². The van der Waals surface area contributed by atoms with Crippen molar-refractivity contribution < 1.29 is 18.1 Å². The first-order chi connectivity index (χ1) is 6.51. The third kappa shape index (κ3) is 4.06. The van der Waals surface area contributed by atoms with E-state index < -0.39 is 12.6 Å². The van der Waals surface area contributed by atoms with E-state index in [1.165, 1.54) is 0 Å². The fourth-order valence-corrected chi connectivity index (χ4v) is 1.59. The number of thioether (sulfide) groups is 1. The first-order valence-electron chi connectivity index (χ1n) is 4.05. The molecule has 0 unspecified atom stereocenters. The van der Waals surface area contributed by atoms with Gasteiger partial charge in [-0.05, 0) is 23.3 Å². The maximum absolute atomic E-state index is 11.9. The number of rotatable bonds is 4. The van der Waals surface area contributed by atoms with Gasteiger partial charge in [0, 0.05) is 4.90 Å². The average Bonchev–Trinajstić information content (AvgIpc) is 2.14. The number of halogens is 3. The first kappa shape index (κ1) is 11.5. The van der Waals surface area contributed by atoms with Gasteiger partial charge in [-0.25, -0.2) is 0 Å². The van der Waals surface area contributed by atoms with Crippen molar-refractivity contribution in [2.45, 2.75) is 11.5 Å². The van der Waals surface area contributed by atoms with E-state index in [0.717, 1.165) is 11.8 Å². The van der Waals surface area contributed by atoms with Crippen molar-refractivity contribution >= 4 is 18.7 Å². The van der Waals surface area contributed by atoms with Gasteiger partial charge in [0.2, 0.25) is 0 Å². The molecule has 1 rings (SSSR count). The molecule has 0 saturated heterocycles. The molecule has 1 aromatic rings. The molecule has 0 radical (unpaired) electrons. The molecule has 1 nitrogen and oxygen atoms in total. The Bertz CT molecular complexity index is 286. The van der Waals surface area contributed by atoms with Gasteiger partial charge in [-0.2, -0.15) is 11.8 Å². The van der Waals surface area contributed by atoms with E-state index in [2.05, 4.69) is 0 Å².